The van der Waals surface area contributed by atoms with Crippen molar-refractivity contribution in [3.05, 3.63) is 108 Å². The summed E-state index contributed by atoms with van der Waals surface area (Å²) in [5, 5.41) is 0. The van der Waals surface area contributed by atoms with Gasteiger partial charge in [-0.25, -0.2) is 17.7 Å². The molecule has 154 valence electrons. The predicted octanol–water partition coefficient (Wildman–Crippen LogP) is 7.62. The van der Waals surface area contributed by atoms with E-state index >= 15 is 0 Å². The minimum absolute atomic E-state index is 0. The fourth-order valence-corrected chi connectivity index (χ4v) is 3.43. The second-order valence-corrected chi connectivity index (χ2v) is 6.48. The monoisotopic (exact) mass is 531 g/mol. The van der Waals surface area contributed by atoms with Gasteiger partial charge in [0.15, 0.2) is 0 Å². The van der Waals surface area contributed by atoms with Crippen molar-refractivity contribution in [2.45, 2.75) is 46.0 Å². The van der Waals surface area contributed by atoms with Crippen LogP contribution in [0.15, 0.2) is 42.5 Å². The van der Waals surface area contributed by atoms with Gasteiger partial charge >= 0.3 is 0 Å². The molecule has 2 aromatic rings. The smallest absolute Gasteiger partial charge is 0 e. The number of hydrogen-bond donors (Lipinski definition) is 0. The zero-order valence-electron chi connectivity index (χ0n) is 18.7. The maximum Gasteiger partial charge on any atom is 0 e. The molecule has 2 aliphatic carbocycles. The summed E-state index contributed by atoms with van der Waals surface area (Å²) in [6.45, 7) is 4.60. The Bertz CT molecular complexity index is 601. The third kappa shape index (κ3) is 8.38. The maximum atomic E-state index is 3.60. The first kappa shape index (κ1) is 33.7. The zero-order chi connectivity index (χ0) is 14.7. The molecule has 0 heterocycles. The molecule has 0 aliphatic heterocycles. The molecule has 0 N–H and O–H groups in total. The minimum Gasteiger partial charge on any atom is -0.358 e. The Labute approximate surface area is 190 Å². The molecule has 4 rings (SSSR count). The van der Waals surface area contributed by atoms with Crippen LogP contribution in [-0.4, -0.2) is 0 Å². The van der Waals surface area contributed by atoms with E-state index in [1.807, 2.05) is 30.3 Å². The van der Waals surface area contributed by atoms with Gasteiger partial charge in [0.1, 0.15) is 0 Å². The van der Waals surface area contributed by atoms with Crippen LogP contribution in [0.4, 0.5) is 0 Å². The Kier molecular flexibility index (Phi) is 20.2. The summed E-state index contributed by atoms with van der Waals surface area (Å²) in [4.78, 5) is 0. The summed E-state index contributed by atoms with van der Waals surface area (Å²) < 4.78 is 0. The van der Waals surface area contributed by atoms with Crippen LogP contribution in [0.3, 0.4) is 0 Å². The summed E-state index contributed by atoms with van der Waals surface area (Å²) in [7, 11) is 0. The first-order chi connectivity index (χ1) is 10.3. The standard InChI is InChI=1S/C16H19.C5H5.5CH3.Hf/c1-11(2)10-14-9-8-13-7-6-12-4-3-5-15(12)16(13)14;1-2-4-5-3-1;;;;;;/h6-7,11H,3-5,8,10H2,1-2H3;1-5H;5*1H3;/q7*-1;. The van der Waals surface area contributed by atoms with Gasteiger partial charge in [-0.3, -0.25) is 6.08 Å². The fraction of sp³-hybridized carbons (Fsp3) is 0.308. The summed E-state index contributed by atoms with van der Waals surface area (Å²) in [5.41, 5.74) is 7.87. The summed E-state index contributed by atoms with van der Waals surface area (Å²) in [5.74, 6) is 0.741. The van der Waals surface area contributed by atoms with E-state index in [4.69, 9.17) is 0 Å². The molecule has 1 heteroatoms. The first-order valence-corrected chi connectivity index (χ1v) is 8.16. The second kappa shape index (κ2) is 16.2. The Morgan fingerprint density at radius 1 is 0.926 bits per heavy atom. The van der Waals surface area contributed by atoms with Crippen molar-refractivity contribution < 1.29 is 25.8 Å². The first-order valence-electron chi connectivity index (χ1n) is 8.16. The average molecular weight is 530 g/mol. The van der Waals surface area contributed by atoms with Crippen LogP contribution in [0.1, 0.15) is 48.9 Å². The molecule has 0 nitrogen and oxygen atoms in total. The van der Waals surface area contributed by atoms with Gasteiger partial charge in [0, 0.05) is 25.8 Å². The van der Waals surface area contributed by atoms with E-state index in [2.05, 4.69) is 32.1 Å². The van der Waals surface area contributed by atoms with Crippen LogP contribution in [0.2, 0.25) is 0 Å². The molecule has 0 radical (unpaired) electrons. The summed E-state index contributed by atoms with van der Waals surface area (Å²) in [6, 6.07) is 14.7. The van der Waals surface area contributed by atoms with Gasteiger partial charge < -0.3 is 37.1 Å². The molecule has 27 heavy (non-hydrogen) atoms. The summed E-state index contributed by atoms with van der Waals surface area (Å²) >= 11 is 0. The molecular formula is C26H39Hf-7. The number of rotatable bonds is 2. The van der Waals surface area contributed by atoms with Crippen molar-refractivity contribution in [3.63, 3.8) is 0 Å². The van der Waals surface area contributed by atoms with E-state index in [0.29, 0.717) is 0 Å². The van der Waals surface area contributed by atoms with Crippen molar-refractivity contribution in [2.75, 3.05) is 0 Å². The molecular weight excluding hydrogens is 491 g/mol. The van der Waals surface area contributed by atoms with Gasteiger partial charge in [0.25, 0.3) is 0 Å². The van der Waals surface area contributed by atoms with Gasteiger partial charge in [-0.15, -0.1) is 17.5 Å². The van der Waals surface area contributed by atoms with Crippen molar-refractivity contribution in [1.29, 1.82) is 0 Å². The van der Waals surface area contributed by atoms with Crippen LogP contribution < -0.4 is 0 Å². The fourth-order valence-electron chi connectivity index (χ4n) is 3.43. The molecule has 0 aromatic heterocycles. The second-order valence-electron chi connectivity index (χ2n) is 6.48. The van der Waals surface area contributed by atoms with Crippen LogP contribution in [0.25, 0.3) is 5.57 Å². The molecule has 0 atom stereocenters. The summed E-state index contributed by atoms with van der Waals surface area (Å²) in [6.07, 6.45) is 9.77. The van der Waals surface area contributed by atoms with E-state index in [1.165, 1.54) is 36.8 Å². The topological polar surface area (TPSA) is 0 Å². The van der Waals surface area contributed by atoms with E-state index < -0.39 is 0 Å². The average Bonchev–Trinajstić information content (AvgIpc) is 3.20. The molecule has 0 unspecified atom stereocenters. The van der Waals surface area contributed by atoms with Crippen molar-refractivity contribution in [1.82, 2.24) is 0 Å². The molecule has 0 saturated heterocycles. The molecule has 0 amide bonds. The molecule has 2 aromatic carbocycles. The number of hydrogen-bond acceptors (Lipinski definition) is 0. The third-order valence-electron chi connectivity index (χ3n) is 4.33. The van der Waals surface area contributed by atoms with Crippen molar-refractivity contribution >= 4 is 5.57 Å². The van der Waals surface area contributed by atoms with Crippen LogP contribution in [0, 0.1) is 49.1 Å². The van der Waals surface area contributed by atoms with Crippen LogP contribution in [0.5, 0.6) is 0 Å². The van der Waals surface area contributed by atoms with E-state index in [9.17, 15) is 0 Å². The molecule has 0 saturated carbocycles. The Morgan fingerprint density at radius 2 is 1.52 bits per heavy atom. The third-order valence-corrected chi connectivity index (χ3v) is 4.33. The largest absolute Gasteiger partial charge is 0.358 e. The van der Waals surface area contributed by atoms with E-state index in [-0.39, 0.29) is 63.0 Å². The van der Waals surface area contributed by atoms with Gasteiger partial charge in [0.05, 0.1) is 0 Å². The quantitative estimate of drug-likeness (QED) is 0.277. The number of benzene rings is 1. The minimum atomic E-state index is 0. The van der Waals surface area contributed by atoms with E-state index in [1.54, 1.807) is 16.7 Å². The van der Waals surface area contributed by atoms with Crippen molar-refractivity contribution in [2.24, 2.45) is 5.92 Å². The number of fused-ring (bicyclic) bond motifs is 3. The van der Waals surface area contributed by atoms with Gasteiger partial charge in [0.2, 0.25) is 0 Å². The van der Waals surface area contributed by atoms with Crippen molar-refractivity contribution in [3.8, 4) is 0 Å². The predicted molar refractivity (Wildman–Crippen MR) is 122 cm³/mol. The molecule has 0 fully saturated rings. The van der Waals surface area contributed by atoms with Gasteiger partial charge in [-0.2, -0.15) is 23.8 Å². The van der Waals surface area contributed by atoms with Gasteiger partial charge in [-0.05, 0) is 25.2 Å². The number of allylic oxidation sites excluding steroid dienone is 2. The molecule has 0 spiro atoms. The maximum absolute atomic E-state index is 3.60. The Hall–Kier alpha value is -0.820. The normalized spacial score (nSPS) is 11.9. The van der Waals surface area contributed by atoms with E-state index in [0.717, 1.165) is 12.3 Å². The molecule has 2 aliphatic rings. The SMILES string of the molecule is CC(C)CC1=[C-]Cc2ccc3c(c21)CCC3.[CH3-].[CH3-].[CH3-].[CH3-].[CH3-].[Hf].c1cc[cH-]c1. The Morgan fingerprint density at radius 3 is 2.04 bits per heavy atom. The Balaban J connectivity index is -0.000000214. The molecule has 0 bridgehead atoms. The van der Waals surface area contributed by atoms with Crippen LogP contribution in [-0.2, 0) is 45.1 Å². The zero-order valence-corrected chi connectivity index (χ0v) is 22.2. The van der Waals surface area contributed by atoms with Crippen LogP contribution >= 0.6 is 0 Å². The number of aryl methyl sites for hydroxylation is 1. The van der Waals surface area contributed by atoms with Gasteiger partial charge in [-0.1, -0.05) is 38.0 Å².